The Hall–Kier alpha value is -1.89. The van der Waals surface area contributed by atoms with Gasteiger partial charge in [0.25, 0.3) is 5.91 Å². The summed E-state index contributed by atoms with van der Waals surface area (Å²) in [7, 11) is 1.81. The third kappa shape index (κ3) is 4.89. The van der Waals surface area contributed by atoms with Crippen LogP contribution in [0, 0.1) is 5.92 Å². The Kier molecular flexibility index (Phi) is 6.52. The number of nitrogens with zero attached hydrogens (tertiary/aromatic N) is 3. The maximum absolute atomic E-state index is 12.7. The molecule has 1 aromatic carbocycles. The molecule has 1 aromatic heterocycles. The number of carbonyl (C=O) groups is 1. The molecule has 0 spiro atoms. The molecule has 1 amide bonds. The van der Waals surface area contributed by atoms with E-state index in [1.165, 1.54) is 12.6 Å². The maximum atomic E-state index is 12.7. The summed E-state index contributed by atoms with van der Waals surface area (Å²) in [5.41, 5.74) is 1.02. The molecule has 6 nitrogen and oxygen atoms in total. The number of amides is 1. The summed E-state index contributed by atoms with van der Waals surface area (Å²) in [6.45, 7) is 0. The lowest BCUT2D eigenvalue weighted by atomic mass is 9.88. The number of halogens is 2. The van der Waals surface area contributed by atoms with E-state index in [1.54, 1.807) is 36.3 Å². The second kappa shape index (κ2) is 8.87. The van der Waals surface area contributed by atoms with Gasteiger partial charge in [-0.25, -0.2) is 9.97 Å². The normalized spacial score (nSPS) is 16.0. The van der Waals surface area contributed by atoms with E-state index in [4.69, 9.17) is 23.2 Å². The summed E-state index contributed by atoms with van der Waals surface area (Å²) >= 11 is 12.0. The van der Waals surface area contributed by atoms with Crippen molar-refractivity contribution in [2.45, 2.75) is 38.3 Å². The molecule has 27 heavy (non-hydrogen) atoms. The van der Waals surface area contributed by atoms with Crippen molar-refractivity contribution in [2.24, 2.45) is 5.92 Å². The molecule has 3 rings (SSSR count). The minimum Gasteiger partial charge on any atom is -0.373 e. The van der Waals surface area contributed by atoms with Crippen LogP contribution in [-0.2, 0) is 0 Å². The molecular weight excluding hydrogens is 387 g/mol. The zero-order chi connectivity index (χ0) is 19.4. The van der Waals surface area contributed by atoms with Crippen molar-refractivity contribution in [3.8, 4) is 0 Å². The molecule has 144 valence electrons. The molecule has 1 unspecified atom stereocenters. The number of aromatic nitrogens is 2. The number of aliphatic hydroxyl groups excluding tert-OH is 1. The molecule has 1 fully saturated rings. The highest BCUT2D eigenvalue weighted by Gasteiger charge is 2.24. The lowest BCUT2D eigenvalue weighted by Crippen LogP contribution is -2.41. The van der Waals surface area contributed by atoms with Crippen LogP contribution in [0.25, 0.3) is 0 Å². The Morgan fingerprint density at radius 1 is 1.22 bits per heavy atom. The van der Waals surface area contributed by atoms with Crippen LogP contribution in [0.5, 0.6) is 0 Å². The van der Waals surface area contributed by atoms with E-state index in [-0.39, 0.29) is 5.92 Å². The number of rotatable bonds is 5. The van der Waals surface area contributed by atoms with Gasteiger partial charge in [-0.3, -0.25) is 4.79 Å². The second-order valence-electron chi connectivity index (χ2n) is 6.74. The lowest BCUT2D eigenvalue weighted by Gasteiger charge is -2.27. The number of hydrogen-bond donors (Lipinski definition) is 2. The molecule has 2 N–H and O–H groups in total. The van der Waals surface area contributed by atoms with Crippen LogP contribution < -0.4 is 10.2 Å². The van der Waals surface area contributed by atoms with Gasteiger partial charge in [0.2, 0.25) is 0 Å². The van der Waals surface area contributed by atoms with E-state index < -0.39 is 12.1 Å². The minimum absolute atomic E-state index is 0.0941. The van der Waals surface area contributed by atoms with Gasteiger partial charge in [0.05, 0.1) is 23.0 Å². The fourth-order valence-corrected chi connectivity index (χ4v) is 3.59. The number of benzene rings is 1. The number of nitrogens with one attached hydrogen (secondary N) is 1. The first-order chi connectivity index (χ1) is 13.0. The highest BCUT2D eigenvalue weighted by atomic mass is 35.5. The predicted molar refractivity (Wildman–Crippen MR) is 107 cm³/mol. The van der Waals surface area contributed by atoms with Crippen LogP contribution in [0.3, 0.4) is 0 Å². The highest BCUT2D eigenvalue weighted by molar-refractivity contribution is 6.34. The molecule has 1 aliphatic carbocycles. The Bertz CT molecular complexity index is 795. The van der Waals surface area contributed by atoms with E-state index in [0.29, 0.717) is 27.2 Å². The second-order valence-corrected chi connectivity index (χ2v) is 7.53. The summed E-state index contributed by atoms with van der Waals surface area (Å²) in [5, 5.41) is 13.7. The van der Waals surface area contributed by atoms with Crippen LogP contribution in [0.2, 0.25) is 10.2 Å². The average Bonchev–Trinajstić information content (AvgIpc) is 2.69. The SMILES string of the molecule is CN(c1ccc(Cl)c(C(=O)NC(O)C2CCCCC2)c1)c1cnc(Cl)cn1. The topological polar surface area (TPSA) is 78.4 Å². The number of anilines is 2. The van der Waals surface area contributed by atoms with Crippen molar-refractivity contribution >= 4 is 40.6 Å². The summed E-state index contributed by atoms with van der Waals surface area (Å²) in [4.78, 5) is 22.7. The molecule has 1 saturated carbocycles. The Morgan fingerprint density at radius 2 is 1.96 bits per heavy atom. The first-order valence-corrected chi connectivity index (χ1v) is 9.71. The molecule has 0 radical (unpaired) electrons. The van der Waals surface area contributed by atoms with Crippen molar-refractivity contribution in [1.82, 2.24) is 15.3 Å². The van der Waals surface area contributed by atoms with E-state index in [2.05, 4.69) is 15.3 Å². The van der Waals surface area contributed by atoms with Gasteiger partial charge in [0.1, 0.15) is 11.4 Å². The van der Waals surface area contributed by atoms with E-state index in [1.807, 2.05) is 0 Å². The molecule has 0 bridgehead atoms. The third-order valence-electron chi connectivity index (χ3n) is 4.91. The number of aliphatic hydroxyl groups is 1. The Morgan fingerprint density at radius 3 is 2.63 bits per heavy atom. The molecule has 2 aromatic rings. The molecule has 0 saturated heterocycles. The molecule has 1 aliphatic rings. The van der Waals surface area contributed by atoms with Crippen LogP contribution in [0.1, 0.15) is 42.5 Å². The zero-order valence-electron chi connectivity index (χ0n) is 15.0. The fraction of sp³-hybridized carbons (Fsp3) is 0.421. The number of carbonyl (C=O) groups excluding carboxylic acids is 1. The van der Waals surface area contributed by atoms with Gasteiger partial charge < -0.3 is 15.3 Å². The van der Waals surface area contributed by atoms with Gasteiger partial charge in [0.15, 0.2) is 5.82 Å². The van der Waals surface area contributed by atoms with Gasteiger partial charge in [-0.05, 0) is 31.0 Å². The van der Waals surface area contributed by atoms with E-state index in [9.17, 15) is 9.90 Å². The maximum Gasteiger partial charge on any atom is 0.254 e. The lowest BCUT2D eigenvalue weighted by molar-refractivity contribution is 0.0463. The van der Waals surface area contributed by atoms with E-state index in [0.717, 1.165) is 25.7 Å². The van der Waals surface area contributed by atoms with Crippen LogP contribution in [-0.4, -0.2) is 34.3 Å². The first kappa shape index (κ1) is 19.9. The van der Waals surface area contributed by atoms with Crippen molar-refractivity contribution in [2.75, 3.05) is 11.9 Å². The minimum atomic E-state index is -0.864. The predicted octanol–water partition coefficient (Wildman–Crippen LogP) is 4.18. The summed E-state index contributed by atoms with van der Waals surface area (Å²) in [6, 6.07) is 5.10. The zero-order valence-corrected chi connectivity index (χ0v) is 16.5. The molecule has 0 aliphatic heterocycles. The average molecular weight is 409 g/mol. The van der Waals surface area contributed by atoms with Crippen LogP contribution >= 0.6 is 23.2 Å². The standard InChI is InChI=1S/C19H22Cl2N4O2/c1-25(17-11-22-16(21)10-23-17)13-7-8-15(20)14(9-13)19(27)24-18(26)12-5-3-2-4-6-12/h7-12,18,26H,2-6H2,1H3,(H,24,27). The largest absolute Gasteiger partial charge is 0.373 e. The van der Waals surface area contributed by atoms with Crippen molar-refractivity contribution in [3.63, 3.8) is 0 Å². The van der Waals surface area contributed by atoms with Crippen molar-refractivity contribution < 1.29 is 9.90 Å². The molecule has 1 heterocycles. The van der Waals surface area contributed by atoms with Crippen molar-refractivity contribution in [3.05, 3.63) is 46.3 Å². The first-order valence-electron chi connectivity index (χ1n) is 8.95. The Labute approximate surface area is 168 Å². The summed E-state index contributed by atoms with van der Waals surface area (Å²) in [6.07, 6.45) is 7.34. The van der Waals surface area contributed by atoms with Gasteiger partial charge in [-0.2, -0.15) is 0 Å². The molecule has 1 atom stereocenters. The smallest absolute Gasteiger partial charge is 0.254 e. The van der Waals surface area contributed by atoms with Gasteiger partial charge in [-0.1, -0.05) is 42.5 Å². The summed E-state index contributed by atoms with van der Waals surface area (Å²) in [5.74, 6) is 0.280. The third-order valence-corrected chi connectivity index (χ3v) is 5.43. The monoisotopic (exact) mass is 408 g/mol. The number of hydrogen-bond acceptors (Lipinski definition) is 5. The van der Waals surface area contributed by atoms with Crippen molar-refractivity contribution in [1.29, 1.82) is 0 Å². The van der Waals surface area contributed by atoms with Gasteiger partial charge in [-0.15, -0.1) is 0 Å². The quantitative estimate of drug-likeness (QED) is 0.725. The highest BCUT2D eigenvalue weighted by Crippen LogP contribution is 2.28. The molecular formula is C19H22Cl2N4O2. The van der Waals surface area contributed by atoms with Gasteiger partial charge in [0, 0.05) is 18.7 Å². The molecule has 8 heteroatoms. The van der Waals surface area contributed by atoms with E-state index >= 15 is 0 Å². The summed E-state index contributed by atoms with van der Waals surface area (Å²) < 4.78 is 0. The fourth-order valence-electron chi connectivity index (χ4n) is 3.29. The van der Waals surface area contributed by atoms with Crippen LogP contribution in [0.4, 0.5) is 11.5 Å². The van der Waals surface area contributed by atoms with Crippen LogP contribution in [0.15, 0.2) is 30.6 Å². The van der Waals surface area contributed by atoms with Gasteiger partial charge >= 0.3 is 0 Å². The Balaban J connectivity index is 1.75.